The normalized spacial score (nSPS) is 17.9. The van der Waals surface area contributed by atoms with Crippen LogP contribution in [0.2, 0.25) is 5.02 Å². The Bertz CT molecular complexity index is 983. The molecule has 2 aromatic carbocycles. The lowest BCUT2D eigenvalue weighted by atomic mass is 10.0. The van der Waals surface area contributed by atoms with Crippen LogP contribution in [0.25, 0.3) is 5.70 Å². The van der Waals surface area contributed by atoms with Gasteiger partial charge in [0.15, 0.2) is 0 Å². The Kier molecular flexibility index (Phi) is 13.3. The van der Waals surface area contributed by atoms with Crippen LogP contribution in [0, 0.1) is 11.8 Å². The van der Waals surface area contributed by atoms with E-state index in [1.54, 1.807) is 6.07 Å². The minimum absolute atomic E-state index is 0.276. The minimum Gasteiger partial charge on any atom is -0.364 e. The fourth-order valence-corrected chi connectivity index (χ4v) is 5.09. The van der Waals surface area contributed by atoms with E-state index in [1.807, 2.05) is 26.8 Å². The molecule has 204 valence electrons. The van der Waals surface area contributed by atoms with Crippen molar-refractivity contribution in [2.45, 2.75) is 66.3 Å². The van der Waals surface area contributed by atoms with Crippen molar-refractivity contribution in [2.24, 2.45) is 5.18 Å². The maximum Gasteiger partial charge on any atom is 0.117 e. The molecule has 0 bridgehead atoms. The molecule has 4 rings (SSSR count). The van der Waals surface area contributed by atoms with Crippen LogP contribution in [0.1, 0.15) is 75.3 Å². The van der Waals surface area contributed by atoms with Gasteiger partial charge in [-0.2, -0.15) is 0 Å². The first-order chi connectivity index (χ1) is 17.9. The second kappa shape index (κ2) is 15.9. The van der Waals surface area contributed by atoms with Gasteiger partial charge in [-0.05, 0) is 80.2 Å². The first kappa shape index (κ1) is 31.0. The second-order valence-corrected chi connectivity index (χ2v) is 10.2. The summed E-state index contributed by atoms with van der Waals surface area (Å²) >= 11 is 6.28. The van der Waals surface area contributed by atoms with Gasteiger partial charge in [-0.15, -0.1) is 4.91 Å². The summed E-state index contributed by atoms with van der Waals surface area (Å²) in [4.78, 5) is 18.5. The molecule has 2 fully saturated rings. The second-order valence-electron chi connectivity index (χ2n) is 9.75. The van der Waals surface area contributed by atoms with E-state index in [0.717, 1.165) is 42.6 Å². The Hall–Kier alpha value is -2.21. The van der Waals surface area contributed by atoms with Gasteiger partial charge in [-0.3, -0.25) is 0 Å². The van der Waals surface area contributed by atoms with Crippen molar-refractivity contribution < 1.29 is 0 Å². The van der Waals surface area contributed by atoms with Crippen LogP contribution >= 0.6 is 11.6 Å². The van der Waals surface area contributed by atoms with E-state index in [4.69, 9.17) is 11.6 Å². The Morgan fingerprint density at radius 2 is 1.70 bits per heavy atom. The highest BCUT2D eigenvalue weighted by Crippen LogP contribution is 2.41. The van der Waals surface area contributed by atoms with Crippen LogP contribution in [0.4, 0.5) is 5.69 Å². The summed E-state index contributed by atoms with van der Waals surface area (Å²) < 4.78 is 0. The number of likely N-dealkylation sites (N-methyl/N-ethyl adjacent to an activating group) is 1. The van der Waals surface area contributed by atoms with Gasteiger partial charge in [-0.25, -0.2) is 0 Å². The molecule has 1 atom stereocenters. The molecule has 0 aromatic heterocycles. The van der Waals surface area contributed by atoms with Crippen LogP contribution < -0.4 is 0 Å². The van der Waals surface area contributed by atoms with Crippen molar-refractivity contribution in [1.29, 1.82) is 0 Å². The Labute approximate surface area is 230 Å². The van der Waals surface area contributed by atoms with E-state index in [0.29, 0.717) is 10.7 Å². The lowest BCUT2D eigenvalue weighted by Gasteiger charge is -2.31. The number of hydrogen-bond donors (Lipinski definition) is 0. The highest BCUT2D eigenvalue weighted by Gasteiger charge is 2.28. The average Bonchev–Trinajstić information content (AvgIpc) is 3.42. The minimum atomic E-state index is 0.276. The summed E-state index contributed by atoms with van der Waals surface area (Å²) in [5.41, 5.74) is 5.42. The van der Waals surface area contributed by atoms with Gasteiger partial charge in [0.2, 0.25) is 0 Å². The molecule has 0 amide bonds. The number of benzene rings is 2. The van der Waals surface area contributed by atoms with Crippen molar-refractivity contribution in [1.82, 2.24) is 14.7 Å². The number of hydrogen-bond acceptors (Lipinski definition) is 5. The molecule has 2 aliphatic heterocycles. The zero-order valence-corrected chi connectivity index (χ0v) is 24.7. The van der Waals surface area contributed by atoms with E-state index in [9.17, 15) is 4.91 Å². The van der Waals surface area contributed by atoms with Crippen LogP contribution in [-0.2, 0) is 6.42 Å². The fraction of sp³-hybridized carbons (Fsp3) is 0.548. The molecule has 5 nitrogen and oxygen atoms in total. The molecule has 0 N–H and O–H groups in total. The van der Waals surface area contributed by atoms with E-state index >= 15 is 0 Å². The molecular formula is C31H47ClN4O. The molecule has 2 aliphatic rings. The molecule has 0 spiro atoms. The van der Waals surface area contributed by atoms with Crippen molar-refractivity contribution in [3.8, 4) is 0 Å². The summed E-state index contributed by atoms with van der Waals surface area (Å²) in [7, 11) is 2.20. The van der Waals surface area contributed by atoms with E-state index in [1.165, 1.54) is 50.3 Å². The molecular weight excluding hydrogens is 480 g/mol. The third-order valence-electron chi connectivity index (χ3n) is 7.19. The molecule has 1 unspecified atom stereocenters. The quantitative estimate of drug-likeness (QED) is 0.342. The van der Waals surface area contributed by atoms with Gasteiger partial charge in [0.05, 0.1) is 6.04 Å². The molecule has 0 aliphatic carbocycles. The van der Waals surface area contributed by atoms with E-state index in [2.05, 4.69) is 71.6 Å². The predicted octanol–water partition coefficient (Wildman–Crippen LogP) is 8.09. The van der Waals surface area contributed by atoms with Gasteiger partial charge in [0.25, 0.3) is 0 Å². The van der Waals surface area contributed by atoms with Gasteiger partial charge in [0.1, 0.15) is 5.69 Å². The van der Waals surface area contributed by atoms with Gasteiger partial charge in [-0.1, -0.05) is 70.1 Å². The van der Waals surface area contributed by atoms with Gasteiger partial charge >= 0.3 is 0 Å². The first-order valence-electron chi connectivity index (χ1n) is 14.0. The fourth-order valence-electron chi connectivity index (χ4n) is 4.93. The van der Waals surface area contributed by atoms with Gasteiger partial charge < -0.3 is 14.7 Å². The Morgan fingerprint density at radius 1 is 1.05 bits per heavy atom. The Balaban J connectivity index is 0.000000336. The average molecular weight is 527 g/mol. The van der Waals surface area contributed by atoms with Crippen molar-refractivity contribution in [3.05, 3.63) is 75.2 Å². The number of aryl methyl sites for hydroxylation is 2. The number of halogens is 1. The predicted molar refractivity (Wildman–Crippen MR) is 161 cm³/mol. The number of piperazine rings is 1. The summed E-state index contributed by atoms with van der Waals surface area (Å²) in [5.74, 6) is 0. The Morgan fingerprint density at radius 3 is 2.27 bits per heavy atom. The maximum absolute atomic E-state index is 11.3. The summed E-state index contributed by atoms with van der Waals surface area (Å²) in [6.07, 6.45) is 4.51. The third-order valence-corrected chi connectivity index (χ3v) is 7.60. The van der Waals surface area contributed by atoms with E-state index < -0.39 is 0 Å². The van der Waals surface area contributed by atoms with E-state index in [-0.39, 0.29) is 6.04 Å². The summed E-state index contributed by atoms with van der Waals surface area (Å²) in [6, 6.07) is 12.6. The molecule has 37 heavy (non-hydrogen) atoms. The largest absolute Gasteiger partial charge is 0.364 e. The van der Waals surface area contributed by atoms with Crippen molar-refractivity contribution >= 4 is 23.0 Å². The topological polar surface area (TPSA) is 39.2 Å². The number of nitrogens with zero attached hydrogens (tertiary/aromatic N) is 4. The SMILES string of the molecule is C=C(c1cc(Cl)c(C)cc1N=O)N1CCCC1c1ccc(CC)cc1.CC.CCCN1CCN(C)CC1. The van der Waals surface area contributed by atoms with Crippen molar-refractivity contribution in [3.63, 3.8) is 0 Å². The third kappa shape index (κ3) is 8.66. The molecule has 2 heterocycles. The summed E-state index contributed by atoms with van der Waals surface area (Å²) in [5, 5.41) is 3.82. The maximum atomic E-state index is 11.3. The molecule has 2 aromatic rings. The highest BCUT2D eigenvalue weighted by molar-refractivity contribution is 6.31. The smallest absolute Gasteiger partial charge is 0.117 e. The van der Waals surface area contributed by atoms with Crippen LogP contribution in [0.15, 0.2) is 48.2 Å². The van der Waals surface area contributed by atoms with Gasteiger partial charge in [0, 0.05) is 49.0 Å². The number of likely N-dealkylation sites (tertiary alicyclic amines) is 1. The highest BCUT2D eigenvalue weighted by atomic mass is 35.5. The molecule has 6 heteroatoms. The zero-order valence-electron chi connectivity index (χ0n) is 23.9. The first-order valence-corrected chi connectivity index (χ1v) is 14.3. The van der Waals surface area contributed by atoms with Crippen LogP contribution in [-0.4, -0.2) is 61.0 Å². The molecule has 2 saturated heterocycles. The summed E-state index contributed by atoms with van der Waals surface area (Å²) in [6.45, 7) is 21.8. The number of rotatable bonds is 7. The number of nitroso groups, excluding NO2 is 1. The molecule has 0 saturated carbocycles. The standard InChI is InChI=1S/C21H23ClN2O.C8H18N2.C2H6/c1-4-16-7-9-17(10-8-16)21-6-5-11-24(21)15(3)18-13-19(22)14(2)12-20(18)23-25;1-3-4-10-7-5-9(2)6-8-10;1-2/h7-10,12-13,21H,3-6,11H2,1-2H3;3-8H2,1-2H3;1-2H3. The zero-order chi connectivity index (χ0) is 27.4. The monoisotopic (exact) mass is 526 g/mol. The van der Waals surface area contributed by atoms with Crippen LogP contribution in [0.3, 0.4) is 0 Å². The lowest BCUT2D eigenvalue weighted by Crippen LogP contribution is -2.44. The lowest BCUT2D eigenvalue weighted by molar-refractivity contribution is 0.154. The van der Waals surface area contributed by atoms with Crippen molar-refractivity contribution in [2.75, 3.05) is 46.3 Å². The molecule has 0 radical (unpaired) electrons. The van der Waals surface area contributed by atoms with Crippen LogP contribution in [0.5, 0.6) is 0 Å².